The standard InChI is InChI=1S/C20H20Cl2N4O4/c1-3-10-23-20(29)24-17(27)12-30-18(28)9-8-15-13(2)25-26(19(15)22)11-14-6-4-5-7-16(14)21/h3-9H,1,10-12H2,2H3,(H2,23,24,27,29)/b9-8+. The number of rotatable bonds is 8. The van der Waals surface area contributed by atoms with Crippen molar-refractivity contribution in [3.05, 3.63) is 70.0 Å². The Labute approximate surface area is 183 Å². The molecule has 0 aliphatic heterocycles. The number of benzene rings is 1. The highest BCUT2D eigenvalue weighted by Crippen LogP contribution is 2.24. The molecule has 0 aliphatic rings. The molecule has 0 fully saturated rings. The van der Waals surface area contributed by atoms with Crippen molar-refractivity contribution in [3.63, 3.8) is 0 Å². The number of carbonyl (C=O) groups excluding carboxylic acids is 3. The summed E-state index contributed by atoms with van der Waals surface area (Å²) in [6, 6.07) is 6.62. The van der Waals surface area contributed by atoms with E-state index in [0.717, 1.165) is 11.6 Å². The first-order valence-corrected chi connectivity index (χ1v) is 9.57. The van der Waals surface area contributed by atoms with Crippen molar-refractivity contribution in [1.29, 1.82) is 0 Å². The first kappa shape index (κ1) is 23.2. The summed E-state index contributed by atoms with van der Waals surface area (Å²) in [5.74, 6) is -1.54. The predicted molar refractivity (Wildman–Crippen MR) is 114 cm³/mol. The SMILES string of the molecule is C=CCNC(=O)NC(=O)COC(=O)/C=C/c1c(C)nn(Cc2ccccc2Cl)c1Cl. The van der Waals surface area contributed by atoms with Crippen LogP contribution in [0, 0.1) is 6.92 Å². The average Bonchev–Trinajstić information content (AvgIpc) is 2.97. The lowest BCUT2D eigenvalue weighted by molar-refractivity contribution is -0.143. The number of aryl methyl sites for hydroxylation is 1. The number of aromatic nitrogens is 2. The molecule has 3 amide bonds. The molecule has 158 valence electrons. The van der Waals surface area contributed by atoms with Crippen LogP contribution in [0.2, 0.25) is 10.2 Å². The number of imide groups is 1. The Morgan fingerprint density at radius 1 is 1.27 bits per heavy atom. The molecule has 2 rings (SSSR count). The number of ether oxygens (including phenoxy) is 1. The van der Waals surface area contributed by atoms with E-state index in [4.69, 9.17) is 27.9 Å². The van der Waals surface area contributed by atoms with E-state index in [0.29, 0.717) is 28.0 Å². The maximum atomic E-state index is 11.9. The molecular weight excluding hydrogens is 431 g/mol. The molecule has 10 heteroatoms. The Morgan fingerprint density at radius 2 is 2.00 bits per heavy atom. The molecule has 2 aromatic rings. The molecule has 1 heterocycles. The zero-order valence-corrected chi connectivity index (χ0v) is 17.7. The van der Waals surface area contributed by atoms with E-state index in [2.05, 4.69) is 17.0 Å². The van der Waals surface area contributed by atoms with Gasteiger partial charge in [-0.3, -0.25) is 10.1 Å². The summed E-state index contributed by atoms with van der Waals surface area (Å²) in [4.78, 5) is 34.7. The highest BCUT2D eigenvalue weighted by molar-refractivity contribution is 6.32. The fraction of sp³-hybridized carbons (Fsp3) is 0.200. The van der Waals surface area contributed by atoms with E-state index >= 15 is 0 Å². The van der Waals surface area contributed by atoms with E-state index in [1.165, 1.54) is 12.2 Å². The number of nitrogens with zero attached hydrogens (tertiary/aromatic N) is 2. The number of hydrogen-bond acceptors (Lipinski definition) is 5. The van der Waals surface area contributed by atoms with E-state index in [-0.39, 0.29) is 6.54 Å². The van der Waals surface area contributed by atoms with Gasteiger partial charge < -0.3 is 10.1 Å². The van der Waals surface area contributed by atoms with Crippen molar-refractivity contribution in [2.45, 2.75) is 13.5 Å². The third kappa shape index (κ3) is 6.75. The van der Waals surface area contributed by atoms with Gasteiger partial charge in [-0.2, -0.15) is 5.10 Å². The fourth-order valence-electron chi connectivity index (χ4n) is 2.36. The summed E-state index contributed by atoms with van der Waals surface area (Å²) in [5, 5.41) is 9.65. The van der Waals surface area contributed by atoms with Gasteiger partial charge in [0.05, 0.1) is 12.2 Å². The topological polar surface area (TPSA) is 102 Å². The second-order valence-electron chi connectivity index (χ2n) is 6.03. The van der Waals surface area contributed by atoms with Crippen molar-refractivity contribution in [1.82, 2.24) is 20.4 Å². The van der Waals surface area contributed by atoms with Crippen LogP contribution in [0.3, 0.4) is 0 Å². The average molecular weight is 451 g/mol. The van der Waals surface area contributed by atoms with Gasteiger partial charge in [0.25, 0.3) is 5.91 Å². The second-order valence-corrected chi connectivity index (χ2v) is 6.79. The molecule has 0 unspecified atom stereocenters. The Bertz CT molecular complexity index is 985. The van der Waals surface area contributed by atoms with Crippen molar-refractivity contribution in [2.24, 2.45) is 0 Å². The predicted octanol–water partition coefficient (Wildman–Crippen LogP) is 3.11. The van der Waals surface area contributed by atoms with Crippen LogP contribution in [0.5, 0.6) is 0 Å². The summed E-state index contributed by atoms with van der Waals surface area (Å²) in [7, 11) is 0. The van der Waals surface area contributed by atoms with Crippen LogP contribution in [0.1, 0.15) is 16.8 Å². The quantitative estimate of drug-likeness (QED) is 0.365. The molecule has 0 aliphatic carbocycles. The maximum absolute atomic E-state index is 11.9. The summed E-state index contributed by atoms with van der Waals surface area (Å²) in [6.45, 7) is 5.13. The van der Waals surface area contributed by atoms with Crippen LogP contribution in [0.15, 0.2) is 43.0 Å². The number of esters is 1. The van der Waals surface area contributed by atoms with Crippen LogP contribution < -0.4 is 10.6 Å². The van der Waals surface area contributed by atoms with Crippen LogP contribution in [-0.2, 0) is 20.9 Å². The number of carbonyl (C=O) groups is 3. The third-order valence-electron chi connectivity index (χ3n) is 3.78. The van der Waals surface area contributed by atoms with E-state index in [9.17, 15) is 14.4 Å². The number of hydrogen-bond donors (Lipinski definition) is 2. The molecular formula is C20H20Cl2N4O4. The first-order valence-electron chi connectivity index (χ1n) is 8.81. The minimum absolute atomic E-state index is 0.200. The summed E-state index contributed by atoms with van der Waals surface area (Å²) in [5.41, 5.74) is 1.99. The molecule has 0 spiro atoms. The molecule has 0 radical (unpaired) electrons. The molecule has 0 saturated heterocycles. The van der Waals surface area contributed by atoms with Gasteiger partial charge in [0, 0.05) is 23.2 Å². The van der Waals surface area contributed by atoms with Gasteiger partial charge in [0.1, 0.15) is 5.15 Å². The van der Waals surface area contributed by atoms with Gasteiger partial charge >= 0.3 is 12.0 Å². The van der Waals surface area contributed by atoms with Gasteiger partial charge in [0.15, 0.2) is 6.61 Å². The van der Waals surface area contributed by atoms with Gasteiger partial charge in [0.2, 0.25) is 0 Å². The number of halogens is 2. The molecule has 2 N–H and O–H groups in total. The molecule has 1 aromatic carbocycles. The van der Waals surface area contributed by atoms with E-state index in [1.807, 2.05) is 23.5 Å². The van der Waals surface area contributed by atoms with E-state index in [1.54, 1.807) is 17.7 Å². The summed E-state index contributed by atoms with van der Waals surface area (Å²) in [6.07, 6.45) is 4.03. The number of amides is 3. The molecule has 0 atom stereocenters. The third-order valence-corrected chi connectivity index (χ3v) is 4.55. The second kappa shape index (κ2) is 11.2. The monoisotopic (exact) mass is 450 g/mol. The molecule has 8 nitrogen and oxygen atoms in total. The minimum Gasteiger partial charge on any atom is -0.452 e. The zero-order valence-electron chi connectivity index (χ0n) is 16.2. The Kier molecular flexibility index (Phi) is 8.64. The normalized spacial score (nSPS) is 10.6. The number of urea groups is 1. The minimum atomic E-state index is -0.772. The molecule has 1 aromatic heterocycles. The van der Waals surface area contributed by atoms with Crippen molar-refractivity contribution in [2.75, 3.05) is 13.2 Å². The first-order chi connectivity index (χ1) is 14.3. The lowest BCUT2D eigenvalue weighted by Crippen LogP contribution is -2.41. The lowest BCUT2D eigenvalue weighted by Gasteiger charge is -2.05. The number of nitrogens with one attached hydrogen (secondary N) is 2. The lowest BCUT2D eigenvalue weighted by atomic mass is 10.2. The van der Waals surface area contributed by atoms with Crippen molar-refractivity contribution < 1.29 is 19.1 Å². The van der Waals surface area contributed by atoms with Crippen LogP contribution in [0.4, 0.5) is 4.79 Å². The summed E-state index contributed by atoms with van der Waals surface area (Å²) < 4.78 is 6.37. The highest BCUT2D eigenvalue weighted by atomic mass is 35.5. The van der Waals surface area contributed by atoms with Crippen LogP contribution in [-0.4, -0.2) is 40.8 Å². The highest BCUT2D eigenvalue weighted by Gasteiger charge is 2.14. The fourth-order valence-corrected chi connectivity index (χ4v) is 2.85. The van der Waals surface area contributed by atoms with Crippen molar-refractivity contribution in [3.8, 4) is 0 Å². The van der Waals surface area contributed by atoms with E-state index < -0.39 is 24.5 Å². The summed E-state index contributed by atoms with van der Waals surface area (Å²) >= 11 is 12.6. The van der Waals surface area contributed by atoms with Crippen LogP contribution in [0.25, 0.3) is 6.08 Å². The Hall–Kier alpha value is -3.10. The Balaban J connectivity index is 1.94. The maximum Gasteiger partial charge on any atom is 0.331 e. The van der Waals surface area contributed by atoms with Gasteiger partial charge in [-0.25, -0.2) is 14.3 Å². The molecule has 0 bridgehead atoms. The zero-order chi connectivity index (χ0) is 22.1. The van der Waals surface area contributed by atoms with Gasteiger partial charge in [-0.15, -0.1) is 6.58 Å². The van der Waals surface area contributed by atoms with Gasteiger partial charge in [-0.1, -0.05) is 47.5 Å². The van der Waals surface area contributed by atoms with Crippen molar-refractivity contribution >= 4 is 47.2 Å². The smallest absolute Gasteiger partial charge is 0.331 e. The largest absolute Gasteiger partial charge is 0.452 e. The van der Waals surface area contributed by atoms with Gasteiger partial charge in [-0.05, 0) is 24.6 Å². The molecule has 30 heavy (non-hydrogen) atoms. The van der Waals surface area contributed by atoms with Crippen LogP contribution >= 0.6 is 23.2 Å². The Morgan fingerprint density at radius 3 is 2.70 bits per heavy atom. The molecule has 0 saturated carbocycles.